The molecule has 0 saturated heterocycles. The zero-order valence-corrected chi connectivity index (χ0v) is 11.7. The minimum Gasteiger partial charge on any atom is -0.508 e. The predicted molar refractivity (Wildman–Crippen MR) is 82.2 cm³/mol. The Labute approximate surface area is 121 Å². The highest BCUT2D eigenvalue weighted by molar-refractivity contribution is 7.17. The smallest absolute Gasteiger partial charge is 0.123 e. The molecule has 0 radical (unpaired) electrons. The lowest BCUT2D eigenvalue weighted by atomic mass is 10.1. The maximum atomic E-state index is 9.42. The second kappa shape index (κ2) is 5.53. The number of hydrogen-bond donors (Lipinski definition) is 2. The van der Waals surface area contributed by atoms with Crippen LogP contribution >= 0.6 is 11.3 Å². The minimum absolute atomic E-state index is 0.211. The highest BCUT2D eigenvalue weighted by atomic mass is 32.1. The fraction of sp³-hybridized carbons (Fsp3) is 0.125. The fourth-order valence-electron chi connectivity index (χ4n) is 2.10. The molecule has 102 valence electrons. The van der Waals surface area contributed by atoms with Crippen LogP contribution in [-0.4, -0.2) is 5.11 Å². The Hall–Kier alpha value is -2.04. The van der Waals surface area contributed by atoms with E-state index in [1.54, 1.807) is 29.5 Å². The van der Waals surface area contributed by atoms with Gasteiger partial charge in [-0.2, -0.15) is 0 Å². The lowest BCUT2D eigenvalue weighted by Crippen LogP contribution is -1.97. The Bertz CT molecular complexity index is 736. The maximum absolute atomic E-state index is 9.42. The summed E-state index contributed by atoms with van der Waals surface area (Å²) in [6.45, 7) is 1.02. The van der Waals surface area contributed by atoms with E-state index in [0.717, 1.165) is 11.1 Å². The molecule has 4 heteroatoms. The molecular weight excluding hydrogens is 270 g/mol. The summed E-state index contributed by atoms with van der Waals surface area (Å²) in [7, 11) is 0. The van der Waals surface area contributed by atoms with Gasteiger partial charge in [0.25, 0.3) is 0 Å². The van der Waals surface area contributed by atoms with Crippen molar-refractivity contribution >= 4 is 21.4 Å². The van der Waals surface area contributed by atoms with Crippen LogP contribution in [0.25, 0.3) is 10.1 Å². The van der Waals surface area contributed by atoms with Gasteiger partial charge in [-0.3, -0.25) is 0 Å². The molecule has 20 heavy (non-hydrogen) atoms. The molecule has 0 aliphatic carbocycles. The van der Waals surface area contributed by atoms with Crippen LogP contribution in [0.2, 0.25) is 0 Å². The van der Waals surface area contributed by atoms with Crippen molar-refractivity contribution in [2.45, 2.75) is 13.2 Å². The van der Waals surface area contributed by atoms with Crippen molar-refractivity contribution in [2.24, 2.45) is 5.73 Å². The Kier molecular flexibility index (Phi) is 3.58. The molecule has 0 bridgehead atoms. The number of phenols is 1. The summed E-state index contributed by atoms with van der Waals surface area (Å²) in [6, 6.07) is 13.1. The largest absolute Gasteiger partial charge is 0.508 e. The highest BCUT2D eigenvalue weighted by Crippen LogP contribution is 2.28. The number of phenolic OH excluding ortho intramolecular Hbond substituents is 1. The van der Waals surface area contributed by atoms with E-state index in [-0.39, 0.29) is 5.75 Å². The molecule has 3 rings (SSSR count). The SMILES string of the molecule is NCc1ccc2scc(COc3cccc(O)c3)c2c1. The number of rotatable bonds is 4. The normalized spacial score (nSPS) is 10.8. The predicted octanol–water partition coefficient (Wildman–Crippen LogP) is 3.64. The van der Waals surface area contributed by atoms with Crippen LogP contribution in [0, 0.1) is 0 Å². The van der Waals surface area contributed by atoms with Crippen LogP contribution in [-0.2, 0) is 13.2 Å². The van der Waals surface area contributed by atoms with Crippen LogP contribution in [0.15, 0.2) is 47.8 Å². The van der Waals surface area contributed by atoms with E-state index in [1.807, 2.05) is 6.07 Å². The molecule has 1 heterocycles. The summed E-state index contributed by atoms with van der Waals surface area (Å²) in [4.78, 5) is 0. The summed E-state index contributed by atoms with van der Waals surface area (Å²) in [5.74, 6) is 0.877. The number of fused-ring (bicyclic) bond motifs is 1. The van der Waals surface area contributed by atoms with Crippen molar-refractivity contribution in [1.29, 1.82) is 0 Å². The average molecular weight is 285 g/mol. The first-order chi connectivity index (χ1) is 9.76. The fourth-order valence-corrected chi connectivity index (χ4v) is 3.03. The van der Waals surface area contributed by atoms with Gasteiger partial charge in [0.05, 0.1) is 0 Å². The van der Waals surface area contributed by atoms with Crippen LogP contribution in [0.4, 0.5) is 0 Å². The number of hydrogen-bond acceptors (Lipinski definition) is 4. The van der Waals surface area contributed by atoms with Crippen molar-refractivity contribution in [2.75, 3.05) is 0 Å². The van der Waals surface area contributed by atoms with Gasteiger partial charge in [-0.25, -0.2) is 0 Å². The van der Waals surface area contributed by atoms with E-state index in [9.17, 15) is 5.11 Å². The monoisotopic (exact) mass is 285 g/mol. The molecule has 3 nitrogen and oxygen atoms in total. The van der Waals surface area contributed by atoms with Crippen LogP contribution < -0.4 is 10.5 Å². The average Bonchev–Trinajstić information content (AvgIpc) is 2.87. The van der Waals surface area contributed by atoms with Crippen molar-refractivity contribution < 1.29 is 9.84 Å². The van der Waals surface area contributed by atoms with E-state index in [1.165, 1.54) is 10.1 Å². The van der Waals surface area contributed by atoms with Gasteiger partial charge in [-0.05, 0) is 40.6 Å². The zero-order chi connectivity index (χ0) is 13.9. The molecule has 0 aliphatic rings. The first-order valence-corrected chi connectivity index (χ1v) is 7.25. The lowest BCUT2D eigenvalue weighted by Gasteiger charge is -2.06. The molecule has 0 atom stereocenters. The number of benzene rings is 2. The highest BCUT2D eigenvalue weighted by Gasteiger charge is 2.06. The van der Waals surface area contributed by atoms with Crippen LogP contribution in [0.3, 0.4) is 0 Å². The van der Waals surface area contributed by atoms with Crippen molar-refractivity contribution in [1.82, 2.24) is 0 Å². The Morgan fingerprint density at radius 3 is 2.85 bits per heavy atom. The number of thiophene rings is 1. The molecular formula is C16H15NO2S. The van der Waals surface area contributed by atoms with Gasteiger partial charge in [-0.15, -0.1) is 11.3 Å². The van der Waals surface area contributed by atoms with Crippen LogP contribution in [0.1, 0.15) is 11.1 Å². The third-order valence-electron chi connectivity index (χ3n) is 3.17. The molecule has 0 amide bonds. The summed E-state index contributed by atoms with van der Waals surface area (Å²) >= 11 is 1.70. The van der Waals surface area contributed by atoms with E-state index in [2.05, 4.69) is 23.6 Å². The molecule has 0 unspecified atom stereocenters. The van der Waals surface area contributed by atoms with Crippen molar-refractivity contribution in [3.63, 3.8) is 0 Å². The van der Waals surface area contributed by atoms with Gasteiger partial charge in [0.2, 0.25) is 0 Å². The van der Waals surface area contributed by atoms with Gasteiger partial charge < -0.3 is 15.6 Å². The molecule has 1 aromatic heterocycles. The van der Waals surface area contributed by atoms with E-state index in [4.69, 9.17) is 10.5 Å². The van der Waals surface area contributed by atoms with Gasteiger partial charge in [0, 0.05) is 22.9 Å². The minimum atomic E-state index is 0.211. The quantitative estimate of drug-likeness (QED) is 0.769. The first kappa shape index (κ1) is 13.0. The van der Waals surface area contributed by atoms with Crippen molar-refractivity contribution in [3.8, 4) is 11.5 Å². The maximum Gasteiger partial charge on any atom is 0.123 e. The molecule has 0 aliphatic heterocycles. The van der Waals surface area contributed by atoms with Gasteiger partial charge >= 0.3 is 0 Å². The van der Waals surface area contributed by atoms with E-state index in [0.29, 0.717) is 18.9 Å². The van der Waals surface area contributed by atoms with Crippen LogP contribution in [0.5, 0.6) is 11.5 Å². The zero-order valence-electron chi connectivity index (χ0n) is 10.9. The first-order valence-electron chi connectivity index (χ1n) is 6.37. The Balaban J connectivity index is 1.83. The van der Waals surface area contributed by atoms with Gasteiger partial charge in [-0.1, -0.05) is 12.1 Å². The summed E-state index contributed by atoms with van der Waals surface area (Å²) in [5.41, 5.74) is 7.95. The lowest BCUT2D eigenvalue weighted by molar-refractivity contribution is 0.306. The Morgan fingerprint density at radius 1 is 1.15 bits per heavy atom. The molecule has 3 N–H and O–H groups in total. The third-order valence-corrected chi connectivity index (χ3v) is 4.18. The summed E-state index contributed by atoms with van der Waals surface area (Å²) in [5, 5.41) is 12.7. The topological polar surface area (TPSA) is 55.5 Å². The van der Waals surface area contributed by atoms with E-state index >= 15 is 0 Å². The number of nitrogens with two attached hydrogens (primary N) is 1. The molecule has 0 fully saturated rings. The molecule has 0 spiro atoms. The Morgan fingerprint density at radius 2 is 2.05 bits per heavy atom. The van der Waals surface area contributed by atoms with Gasteiger partial charge in [0.1, 0.15) is 18.1 Å². The second-order valence-electron chi connectivity index (χ2n) is 4.58. The second-order valence-corrected chi connectivity index (χ2v) is 5.49. The van der Waals surface area contributed by atoms with E-state index < -0.39 is 0 Å². The molecule has 3 aromatic rings. The summed E-state index contributed by atoms with van der Waals surface area (Å²) < 4.78 is 6.96. The standard InChI is InChI=1S/C16H15NO2S/c17-8-11-4-5-16-15(6-11)12(10-20-16)9-19-14-3-1-2-13(18)7-14/h1-7,10,18H,8-9,17H2. The van der Waals surface area contributed by atoms with Crippen molar-refractivity contribution in [3.05, 3.63) is 59.0 Å². The van der Waals surface area contributed by atoms with Gasteiger partial charge in [0.15, 0.2) is 0 Å². The number of aromatic hydroxyl groups is 1. The third kappa shape index (κ3) is 2.61. The molecule has 2 aromatic carbocycles. The molecule has 0 saturated carbocycles. The summed E-state index contributed by atoms with van der Waals surface area (Å²) in [6.07, 6.45) is 0. The number of ether oxygens (including phenoxy) is 1.